The highest BCUT2D eigenvalue weighted by molar-refractivity contribution is 5.70. The van der Waals surface area contributed by atoms with E-state index in [0.717, 1.165) is 64.2 Å². The van der Waals surface area contributed by atoms with Gasteiger partial charge < -0.3 is 24.4 Å². The molecule has 1 rings (SSSR count). The standard InChI is InChI=1S/C44H80O7/c1-4-6-8-10-12-14-16-18-20-22-24-26-28-30-32-34-36-41(46)51-44-39(50-38(3)42(47)43(44)48)37-49-40(45)35-33-31-29-27-25-23-21-19-17-15-13-11-9-7-5-2/h19-22,38-39,42-44,47-48H,4-18,23-37H2,1-3H3. The third-order valence-electron chi connectivity index (χ3n) is 10.1. The summed E-state index contributed by atoms with van der Waals surface area (Å²) in [6.07, 6.45) is 37.1. The summed E-state index contributed by atoms with van der Waals surface area (Å²) in [6, 6.07) is 0. The van der Waals surface area contributed by atoms with Crippen LogP contribution in [0, 0.1) is 0 Å². The van der Waals surface area contributed by atoms with E-state index in [4.69, 9.17) is 14.2 Å². The van der Waals surface area contributed by atoms with E-state index in [1.807, 2.05) is 0 Å². The number of esters is 2. The highest BCUT2D eigenvalue weighted by atomic mass is 16.6. The number of carbonyl (C=O) groups is 2. The molecule has 0 spiro atoms. The Hall–Kier alpha value is -1.70. The van der Waals surface area contributed by atoms with Gasteiger partial charge in [0.15, 0.2) is 6.10 Å². The van der Waals surface area contributed by atoms with Crippen molar-refractivity contribution in [2.45, 2.75) is 237 Å². The molecule has 5 unspecified atom stereocenters. The van der Waals surface area contributed by atoms with Gasteiger partial charge in [0.05, 0.1) is 6.10 Å². The van der Waals surface area contributed by atoms with Gasteiger partial charge in [-0.1, -0.05) is 147 Å². The fourth-order valence-corrected chi connectivity index (χ4v) is 6.72. The molecule has 5 atom stereocenters. The molecule has 0 radical (unpaired) electrons. The molecule has 0 aromatic carbocycles. The van der Waals surface area contributed by atoms with Crippen molar-refractivity contribution >= 4 is 11.9 Å². The second-order valence-corrected chi connectivity index (χ2v) is 15.0. The van der Waals surface area contributed by atoms with Gasteiger partial charge in [-0.15, -0.1) is 0 Å². The number of ether oxygens (including phenoxy) is 3. The molecule has 0 saturated carbocycles. The SMILES string of the molecule is CCCCCCCCC=CCCCCCCCC(=O)OCC1OC(C)C(O)C(O)C1OC(=O)CCCCCCCC=CCCCCCCCCC. The van der Waals surface area contributed by atoms with Crippen LogP contribution in [0.4, 0.5) is 0 Å². The molecule has 0 amide bonds. The molecule has 51 heavy (non-hydrogen) atoms. The van der Waals surface area contributed by atoms with Gasteiger partial charge in [0, 0.05) is 12.8 Å². The third-order valence-corrected chi connectivity index (χ3v) is 10.1. The monoisotopic (exact) mass is 721 g/mol. The second kappa shape index (κ2) is 34.1. The van der Waals surface area contributed by atoms with Crippen molar-refractivity contribution in [3.63, 3.8) is 0 Å². The van der Waals surface area contributed by atoms with Crippen molar-refractivity contribution in [2.75, 3.05) is 6.61 Å². The maximum atomic E-state index is 12.7. The molecule has 1 saturated heterocycles. The molecule has 7 nitrogen and oxygen atoms in total. The molecule has 0 aliphatic carbocycles. The van der Waals surface area contributed by atoms with Gasteiger partial charge in [-0.2, -0.15) is 0 Å². The van der Waals surface area contributed by atoms with Crippen LogP contribution in [0.25, 0.3) is 0 Å². The van der Waals surface area contributed by atoms with E-state index in [-0.39, 0.29) is 19.0 Å². The Morgan fingerprint density at radius 1 is 0.529 bits per heavy atom. The number of rotatable bonds is 34. The molecule has 1 fully saturated rings. The number of hydrogen-bond donors (Lipinski definition) is 2. The smallest absolute Gasteiger partial charge is 0.306 e. The van der Waals surface area contributed by atoms with Crippen LogP contribution in [0.3, 0.4) is 0 Å². The lowest BCUT2D eigenvalue weighted by molar-refractivity contribution is -0.237. The average Bonchev–Trinajstić information content (AvgIpc) is 3.12. The van der Waals surface area contributed by atoms with Gasteiger partial charge in [0.2, 0.25) is 0 Å². The van der Waals surface area contributed by atoms with E-state index in [2.05, 4.69) is 38.2 Å². The Morgan fingerprint density at radius 2 is 0.902 bits per heavy atom. The lowest BCUT2D eigenvalue weighted by Crippen LogP contribution is -2.59. The van der Waals surface area contributed by atoms with Crippen LogP contribution in [-0.2, 0) is 23.8 Å². The number of allylic oxidation sites excluding steroid dienone is 4. The summed E-state index contributed by atoms with van der Waals surface area (Å²) in [7, 11) is 0. The molecular weight excluding hydrogens is 640 g/mol. The molecule has 0 bridgehead atoms. The van der Waals surface area contributed by atoms with Gasteiger partial charge in [0.25, 0.3) is 0 Å². The maximum absolute atomic E-state index is 12.7. The lowest BCUT2D eigenvalue weighted by Gasteiger charge is -2.40. The molecule has 1 heterocycles. The zero-order valence-corrected chi connectivity index (χ0v) is 33.3. The first-order valence-corrected chi connectivity index (χ1v) is 21.6. The fraction of sp³-hybridized carbons (Fsp3) is 0.864. The number of aliphatic hydroxyl groups excluding tert-OH is 2. The van der Waals surface area contributed by atoms with Gasteiger partial charge >= 0.3 is 11.9 Å². The van der Waals surface area contributed by atoms with Gasteiger partial charge in [-0.3, -0.25) is 9.59 Å². The summed E-state index contributed by atoms with van der Waals surface area (Å²) in [5.74, 6) is -0.749. The lowest BCUT2D eigenvalue weighted by atomic mass is 9.95. The van der Waals surface area contributed by atoms with E-state index in [9.17, 15) is 19.8 Å². The van der Waals surface area contributed by atoms with Crippen LogP contribution >= 0.6 is 0 Å². The molecule has 0 aromatic rings. The number of hydrogen-bond acceptors (Lipinski definition) is 7. The van der Waals surface area contributed by atoms with E-state index in [0.29, 0.717) is 12.8 Å². The average molecular weight is 721 g/mol. The summed E-state index contributed by atoms with van der Waals surface area (Å²) in [6.45, 7) is 6.04. The summed E-state index contributed by atoms with van der Waals surface area (Å²) >= 11 is 0. The van der Waals surface area contributed by atoms with Crippen molar-refractivity contribution in [2.24, 2.45) is 0 Å². The van der Waals surface area contributed by atoms with Crippen LogP contribution in [-0.4, -0.2) is 59.3 Å². The first-order valence-electron chi connectivity index (χ1n) is 21.6. The van der Waals surface area contributed by atoms with E-state index in [1.165, 1.54) is 103 Å². The second-order valence-electron chi connectivity index (χ2n) is 15.0. The minimum absolute atomic E-state index is 0.122. The number of aliphatic hydroxyl groups is 2. The quantitative estimate of drug-likeness (QED) is 0.0387. The van der Waals surface area contributed by atoms with Crippen molar-refractivity contribution in [3.05, 3.63) is 24.3 Å². The highest BCUT2D eigenvalue weighted by Gasteiger charge is 2.45. The molecule has 1 aliphatic heterocycles. The largest absolute Gasteiger partial charge is 0.463 e. The Balaban J connectivity index is 2.15. The third kappa shape index (κ3) is 26.7. The van der Waals surface area contributed by atoms with Crippen LogP contribution in [0.1, 0.15) is 207 Å². The maximum Gasteiger partial charge on any atom is 0.306 e. The summed E-state index contributed by atoms with van der Waals surface area (Å²) in [5.41, 5.74) is 0. The molecular formula is C44H80O7. The first-order chi connectivity index (χ1) is 24.9. The molecule has 0 aromatic heterocycles. The van der Waals surface area contributed by atoms with Crippen LogP contribution < -0.4 is 0 Å². The predicted octanol–water partition coefficient (Wildman–Crippen LogP) is 11.4. The summed E-state index contributed by atoms with van der Waals surface area (Å²) < 4.78 is 16.9. The van der Waals surface area contributed by atoms with Crippen LogP contribution in [0.2, 0.25) is 0 Å². The Bertz CT molecular complexity index is 872. The van der Waals surface area contributed by atoms with E-state index < -0.39 is 36.5 Å². The molecule has 2 N–H and O–H groups in total. The van der Waals surface area contributed by atoms with E-state index in [1.54, 1.807) is 6.92 Å². The van der Waals surface area contributed by atoms with Gasteiger partial charge in [-0.25, -0.2) is 0 Å². The normalized spacial score (nSPS) is 20.8. The van der Waals surface area contributed by atoms with Crippen molar-refractivity contribution < 1.29 is 34.0 Å². The van der Waals surface area contributed by atoms with Crippen molar-refractivity contribution in [1.82, 2.24) is 0 Å². The predicted molar refractivity (Wildman–Crippen MR) is 211 cm³/mol. The first kappa shape index (κ1) is 47.3. The van der Waals surface area contributed by atoms with Gasteiger partial charge in [0.1, 0.15) is 24.9 Å². The fourth-order valence-electron chi connectivity index (χ4n) is 6.72. The number of carbonyl (C=O) groups excluding carboxylic acids is 2. The topological polar surface area (TPSA) is 102 Å². The molecule has 298 valence electrons. The van der Waals surface area contributed by atoms with Gasteiger partial charge in [-0.05, 0) is 71.1 Å². The Morgan fingerprint density at radius 3 is 1.33 bits per heavy atom. The van der Waals surface area contributed by atoms with Crippen LogP contribution in [0.15, 0.2) is 24.3 Å². The van der Waals surface area contributed by atoms with Crippen molar-refractivity contribution in [1.29, 1.82) is 0 Å². The van der Waals surface area contributed by atoms with Crippen molar-refractivity contribution in [3.8, 4) is 0 Å². The minimum Gasteiger partial charge on any atom is -0.463 e. The summed E-state index contributed by atoms with van der Waals surface area (Å²) in [5, 5.41) is 21.1. The zero-order chi connectivity index (χ0) is 37.2. The summed E-state index contributed by atoms with van der Waals surface area (Å²) in [4.78, 5) is 25.1. The number of unbranched alkanes of at least 4 members (excludes halogenated alkanes) is 23. The molecule has 7 heteroatoms. The van der Waals surface area contributed by atoms with Crippen LogP contribution in [0.5, 0.6) is 0 Å². The van der Waals surface area contributed by atoms with E-state index >= 15 is 0 Å². The minimum atomic E-state index is -1.30. The highest BCUT2D eigenvalue weighted by Crippen LogP contribution is 2.25. The molecule has 1 aliphatic rings. The Labute approximate surface area is 313 Å². The zero-order valence-electron chi connectivity index (χ0n) is 33.3. The Kier molecular flexibility index (Phi) is 31.6.